The van der Waals surface area contributed by atoms with Crippen LogP contribution >= 0.6 is 0 Å². The Morgan fingerprint density at radius 1 is 1.05 bits per heavy atom. The lowest BCUT2D eigenvalue weighted by Crippen LogP contribution is -2.32. The third kappa shape index (κ3) is 2.61. The largest absolute Gasteiger partial charge is 0.398 e. The Morgan fingerprint density at radius 3 is 2.48 bits per heavy atom. The van der Waals surface area contributed by atoms with Gasteiger partial charge in [0.1, 0.15) is 4.90 Å². The van der Waals surface area contributed by atoms with Crippen LogP contribution in [0.15, 0.2) is 35.4 Å². The molecule has 0 aliphatic carbocycles. The molecule has 112 valence electrons. The fourth-order valence-corrected chi connectivity index (χ4v) is 4.46. The van der Waals surface area contributed by atoms with Gasteiger partial charge in [0.25, 0.3) is 0 Å². The molecule has 1 saturated heterocycles. The molecule has 0 unspecified atom stereocenters. The van der Waals surface area contributed by atoms with Gasteiger partial charge in [0.15, 0.2) is 0 Å². The summed E-state index contributed by atoms with van der Waals surface area (Å²) in [6.45, 7) is 1.17. The van der Waals surface area contributed by atoms with Gasteiger partial charge in [-0.25, -0.2) is 8.42 Å². The van der Waals surface area contributed by atoms with Gasteiger partial charge >= 0.3 is 0 Å². The molecule has 1 aliphatic heterocycles. The maximum Gasteiger partial charge on any atom is 0.245 e. The SMILES string of the molecule is Nc1ccc(S(=O)(=O)N2CCCCCC2)c2ncccc12. The van der Waals surface area contributed by atoms with E-state index in [4.69, 9.17) is 5.73 Å². The van der Waals surface area contributed by atoms with Gasteiger partial charge in [0.05, 0.1) is 5.52 Å². The van der Waals surface area contributed by atoms with E-state index in [9.17, 15) is 8.42 Å². The van der Waals surface area contributed by atoms with Gasteiger partial charge < -0.3 is 5.73 Å². The van der Waals surface area contributed by atoms with E-state index < -0.39 is 10.0 Å². The molecule has 1 aromatic carbocycles. The van der Waals surface area contributed by atoms with Crippen LogP contribution in [0.5, 0.6) is 0 Å². The molecular weight excluding hydrogens is 286 g/mol. The smallest absolute Gasteiger partial charge is 0.245 e. The lowest BCUT2D eigenvalue weighted by molar-refractivity contribution is 0.424. The van der Waals surface area contributed by atoms with Gasteiger partial charge in [-0.2, -0.15) is 4.31 Å². The van der Waals surface area contributed by atoms with Gasteiger partial charge in [0, 0.05) is 30.4 Å². The molecule has 21 heavy (non-hydrogen) atoms. The number of aromatic nitrogens is 1. The Balaban J connectivity index is 2.12. The second-order valence-electron chi connectivity index (χ2n) is 5.37. The number of nitrogens with zero attached hydrogens (tertiary/aromatic N) is 2. The van der Waals surface area contributed by atoms with Crippen LogP contribution in [0.25, 0.3) is 10.9 Å². The Morgan fingerprint density at radius 2 is 1.76 bits per heavy atom. The van der Waals surface area contributed by atoms with Crippen molar-refractivity contribution in [3.63, 3.8) is 0 Å². The summed E-state index contributed by atoms with van der Waals surface area (Å²) in [5, 5.41) is 0.688. The molecule has 6 heteroatoms. The van der Waals surface area contributed by atoms with Crippen LogP contribution in [0, 0.1) is 0 Å². The van der Waals surface area contributed by atoms with Crippen LogP contribution in [0.3, 0.4) is 0 Å². The zero-order chi connectivity index (χ0) is 14.9. The number of benzene rings is 1. The zero-order valence-corrected chi connectivity index (χ0v) is 12.6. The van der Waals surface area contributed by atoms with E-state index in [1.165, 1.54) is 0 Å². The molecule has 1 aromatic heterocycles. The van der Waals surface area contributed by atoms with Crippen LogP contribution in [-0.4, -0.2) is 30.8 Å². The molecule has 0 saturated carbocycles. The quantitative estimate of drug-likeness (QED) is 0.864. The topological polar surface area (TPSA) is 76.3 Å². The average molecular weight is 305 g/mol. The number of hydrogen-bond acceptors (Lipinski definition) is 4. The van der Waals surface area contributed by atoms with Gasteiger partial charge in [-0.1, -0.05) is 12.8 Å². The first-order valence-corrected chi connectivity index (χ1v) is 8.68. The molecule has 0 bridgehead atoms. The Kier molecular flexibility index (Phi) is 3.82. The fraction of sp³-hybridized carbons (Fsp3) is 0.400. The second kappa shape index (κ2) is 5.61. The van der Waals surface area contributed by atoms with E-state index in [2.05, 4.69) is 4.98 Å². The van der Waals surface area contributed by atoms with E-state index in [1.807, 2.05) is 0 Å². The minimum absolute atomic E-state index is 0.259. The lowest BCUT2D eigenvalue weighted by Gasteiger charge is -2.20. The third-order valence-electron chi connectivity index (χ3n) is 3.95. The van der Waals surface area contributed by atoms with Crippen LogP contribution < -0.4 is 5.73 Å². The van der Waals surface area contributed by atoms with E-state index >= 15 is 0 Å². The Hall–Kier alpha value is -1.66. The number of fused-ring (bicyclic) bond motifs is 1. The first kappa shape index (κ1) is 14.3. The van der Waals surface area contributed by atoms with Gasteiger partial charge in [0.2, 0.25) is 10.0 Å². The third-order valence-corrected chi connectivity index (χ3v) is 5.88. The van der Waals surface area contributed by atoms with Crippen LogP contribution in [0.4, 0.5) is 5.69 Å². The predicted octanol–water partition coefficient (Wildman–Crippen LogP) is 2.38. The number of rotatable bonds is 2. The number of nitrogens with two attached hydrogens (primary N) is 1. The fourth-order valence-electron chi connectivity index (χ4n) is 2.80. The molecule has 0 radical (unpaired) electrons. The predicted molar refractivity (Wildman–Crippen MR) is 83.4 cm³/mol. The highest BCUT2D eigenvalue weighted by Crippen LogP contribution is 2.29. The van der Waals surface area contributed by atoms with E-state index in [0.717, 1.165) is 25.7 Å². The highest BCUT2D eigenvalue weighted by atomic mass is 32.2. The van der Waals surface area contributed by atoms with Crippen molar-refractivity contribution in [1.82, 2.24) is 9.29 Å². The van der Waals surface area contributed by atoms with Crippen LogP contribution in [-0.2, 0) is 10.0 Å². The lowest BCUT2D eigenvalue weighted by atomic mass is 10.2. The van der Waals surface area contributed by atoms with E-state index in [1.54, 1.807) is 34.8 Å². The molecule has 1 aliphatic rings. The summed E-state index contributed by atoms with van der Waals surface area (Å²) in [7, 11) is -3.51. The normalized spacial score (nSPS) is 17.7. The number of nitrogen functional groups attached to an aromatic ring is 1. The van der Waals surface area contributed by atoms with Gasteiger partial charge in [-0.05, 0) is 37.1 Å². The maximum absolute atomic E-state index is 12.9. The average Bonchev–Trinajstić information content (AvgIpc) is 2.77. The zero-order valence-electron chi connectivity index (χ0n) is 11.8. The van der Waals surface area contributed by atoms with Crippen molar-refractivity contribution in [2.75, 3.05) is 18.8 Å². The first-order chi connectivity index (χ1) is 10.1. The van der Waals surface area contributed by atoms with Crippen LogP contribution in [0.2, 0.25) is 0 Å². The van der Waals surface area contributed by atoms with Crippen molar-refractivity contribution in [3.05, 3.63) is 30.5 Å². The molecular formula is C15H19N3O2S. The monoisotopic (exact) mass is 305 g/mol. The van der Waals surface area contributed by atoms with E-state index in [-0.39, 0.29) is 4.90 Å². The van der Waals surface area contributed by atoms with Crippen molar-refractivity contribution in [3.8, 4) is 0 Å². The molecule has 3 rings (SSSR count). The van der Waals surface area contributed by atoms with Crippen molar-refractivity contribution < 1.29 is 8.42 Å². The Labute approximate surface area is 124 Å². The summed E-state index contributed by atoms with van der Waals surface area (Å²) in [5.74, 6) is 0. The molecule has 2 aromatic rings. The summed E-state index contributed by atoms with van der Waals surface area (Å²) in [4.78, 5) is 4.50. The minimum Gasteiger partial charge on any atom is -0.398 e. The van der Waals surface area contributed by atoms with Gasteiger partial charge in [-0.3, -0.25) is 4.98 Å². The van der Waals surface area contributed by atoms with Crippen molar-refractivity contribution in [1.29, 1.82) is 0 Å². The standard InChI is InChI=1S/C15H19N3O2S/c16-13-7-8-14(15-12(13)6-5-9-17-15)21(19,20)18-10-3-1-2-4-11-18/h5-9H,1-4,10-11,16H2. The first-order valence-electron chi connectivity index (χ1n) is 7.24. The highest BCUT2D eigenvalue weighted by molar-refractivity contribution is 7.89. The summed E-state index contributed by atoms with van der Waals surface area (Å²) < 4.78 is 27.4. The number of anilines is 1. The molecule has 2 N–H and O–H groups in total. The molecule has 5 nitrogen and oxygen atoms in total. The molecule has 0 atom stereocenters. The second-order valence-corrected chi connectivity index (χ2v) is 7.28. The highest BCUT2D eigenvalue weighted by Gasteiger charge is 2.27. The molecule has 2 heterocycles. The van der Waals surface area contributed by atoms with Crippen molar-refractivity contribution >= 4 is 26.6 Å². The van der Waals surface area contributed by atoms with Crippen molar-refractivity contribution in [2.45, 2.75) is 30.6 Å². The summed E-state index contributed by atoms with van der Waals surface area (Å²) in [6, 6.07) is 6.79. The van der Waals surface area contributed by atoms with Crippen molar-refractivity contribution in [2.24, 2.45) is 0 Å². The molecule has 0 amide bonds. The summed E-state index contributed by atoms with van der Waals surface area (Å²) in [6.07, 6.45) is 5.61. The minimum atomic E-state index is -3.51. The maximum atomic E-state index is 12.9. The van der Waals surface area contributed by atoms with E-state index in [0.29, 0.717) is 29.7 Å². The Bertz CT molecular complexity index is 751. The summed E-state index contributed by atoms with van der Waals surface area (Å²) in [5.41, 5.74) is 6.93. The number of hydrogen-bond donors (Lipinski definition) is 1. The van der Waals surface area contributed by atoms with Crippen LogP contribution in [0.1, 0.15) is 25.7 Å². The number of pyridine rings is 1. The summed E-state index contributed by atoms with van der Waals surface area (Å²) >= 11 is 0. The molecule has 0 spiro atoms. The molecule has 1 fully saturated rings. The number of sulfonamides is 1. The van der Waals surface area contributed by atoms with Gasteiger partial charge in [-0.15, -0.1) is 0 Å².